The molecule has 0 bridgehead atoms. The Morgan fingerprint density at radius 1 is 1.18 bits per heavy atom. The van der Waals surface area contributed by atoms with Crippen molar-refractivity contribution in [1.82, 2.24) is 0 Å². The molecule has 0 fully saturated rings. The van der Waals surface area contributed by atoms with Crippen LogP contribution in [0.3, 0.4) is 0 Å². The van der Waals surface area contributed by atoms with E-state index >= 15 is 0 Å². The standard InChI is InChI=1S/C10H11I/c1-8(2)7-9-3-5-10(11)6-4-9/h3-7H,1-2H3. The van der Waals surface area contributed by atoms with Gasteiger partial charge in [0, 0.05) is 3.57 Å². The van der Waals surface area contributed by atoms with Crippen LogP contribution in [0.2, 0.25) is 0 Å². The Morgan fingerprint density at radius 3 is 2.18 bits per heavy atom. The molecule has 1 rings (SSSR count). The van der Waals surface area contributed by atoms with Gasteiger partial charge in [0.1, 0.15) is 0 Å². The van der Waals surface area contributed by atoms with Gasteiger partial charge in [-0.05, 0) is 54.1 Å². The third kappa shape index (κ3) is 3.06. The zero-order chi connectivity index (χ0) is 8.27. The van der Waals surface area contributed by atoms with Crippen molar-refractivity contribution in [2.45, 2.75) is 13.8 Å². The molecule has 0 atom stereocenters. The van der Waals surface area contributed by atoms with Gasteiger partial charge < -0.3 is 0 Å². The molecule has 0 aliphatic heterocycles. The number of rotatable bonds is 1. The fraction of sp³-hybridized carbons (Fsp3) is 0.200. The van der Waals surface area contributed by atoms with Crippen molar-refractivity contribution in [3.63, 3.8) is 0 Å². The molecule has 0 aliphatic carbocycles. The van der Waals surface area contributed by atoms with Crippen molar-refractivity contribution in [3.8, 4) is 0 Å². The summed E-state index contributed by atoms with van der Waals surface area (Å²) in [5.41, 5.74) is 2.62. The first-order chi connectivity index (χ1) is 5.18. The molecule has 0 amide bonds. The van der Waals surface area contributed by atoms with Gasteiger partial charge in [0.15, 0.2) is 0 Å². The van der Waals surface area contributed by atoms with E-state index in [-0.39, 0.29) is 0 Å². The summed E-state index contributed by atoms with van der Waals surface area (Å²) < 4.78 is 1.29. The van der Waals surface area contributed by atoms with Crippen LogP contribution >= 0.6 is 22.6 Å². The fourth-order valence-corrected chi connectivity index (χ4v) is 1.25. The Balaban J connectivity index is 2.91. The van der Waals surface area contributed by atoms with Crippen molar-refractivity contribution >= 4 is 28.7 Å². The second kappa shape index (κ2) is 3.90. The Labute approximate surface area is 81.5 Å². The summed E-state index contributed by atoms with van der Waals surface area (Å²) in [7, 11) is 0. The zero-order valence-corrected chi connectivity index (χ0v) is 8.92. The molecule has 0 heterocycles. The molecule has 0 aromatic heterocycles. The van der Waals surface area contributed by atoms with Gasteiger partial charge in [0.25, 0.3) is 0 Å². The molecule has 0 nitrogen and oxygen atoms in total. The minimum absolute atomic E-state index is 1.28. The number of allylic oxidation sites excluding steroid dienone is 1. The van der Waals surface area contributed by atoms with E-state index in [0.717, 1.165) is 0 Å². The van der Waals surface area contributed by atoms with Gasteiger partial charge in [-0.3, -0.25) is 0 Å². The van der Waals surface area contributed by atoms with E-state index in [1.807, 2.05) is 0 Å². The van der Waals surface area contributed by atoms with Gasteiger partial charge in [0.05, 0.1) is 0 Å². The molecule has 0 aliphatic rings. The van der Waals surface area contributed by atoms with Crippen LogP contribution in [0.25, 0.3) is 6.08 Å². The Morgan fingerprint density at radius 2 is 1.73 bits per heavy atom. The minimum atomic E-state index is 1.28. The molecule has 11 heavy (non-hydrogen) atoms. The van der Waals surface area contributed by atoms with Crippen molar-refractivity contribution < 1.29 is 0 Å². The SMILES string of the molecule is CC(C)=Cc1ccc(I)cc1. The topological polar surface area (TPSA) is 0 Å². The molecule has 0 saturated carbocycles. The summed E-state index contributed by atoms with van der Waals surface area (Å²) in [6, 6.07) is 8.51. The molecule has 1 aromatic rings. The molecule has 0 unspecified atom stereocenters. The van der Waals surface area contributed by atoms with Crippen LogP contribution in [0.15, 0.2) is 29.8 Å². The highest BCUT2D eigenvalue weighted by Gasteiger charge is 1.86. The summed E-state index contributed by atoms with van der Waals surface area (Å²) in [5.74, 6) is 0. The van der Waals surface area contributed by atoms with Crippen molar-refractivity contribution in [3.05, 3.63) is 39.0 Å². The smallest absolute Gasteiger partial charge is 0.0130 e. The third-order valence-electron chi connectivity index (χ3n) is 1.33. The minimum Gasteiger partial charge on any atom is -0.0758 e. The fourth-order valence-electron chi connectivity index (χ4n) is 0.892. The van der Waals surface area contributed by atoms with Gasteiger partial charge >= 0.3 is 0 Å². The quantitative estimate of drug-likeness (QED) is 0.673. The Hall–Kier alpha value is -0.310. The summed E-state index contributed by atoms with van der Waals surface area (Å²) in [6.45, 7) is 4.22. The van der Waals surface area contributed by atoms with E-state index in [0.29, 0.717) is 0 Å². The Kier molecular flexibility index (Phi) is 3.12. The first-order valence-corrected chi connectivity index (χ1v) is 4.67. The van der Waals surface area contributed by atoms with Crippen molar-refractivity contribution in [2.75, 3.05) is 0 Å². The lowest BCUT2D eigenvalue weighted by atomic mass is 10.2. The summed E-state index contributed by atoms with van der Waals surface area (Å²) in [5, 5.41) is 0. The van der Waals surface area contributed by atoms with Gasteiger partial charge in [-0.1, -0.05) is 23.8 Å². The van der Waals surface area contributed by atoms with Crippen LogP contribution in [0.4, 0.5) is 0 Å². The predicted molar refractivity (Wildman–Crippen MR) is 58.5 cm³/mol. The molecule has 0 radical (unpaired) electrons. The highest BCUT2D eigenvalue weighted by molar-refractivity contribution is 14.1. The van der Waals surface area contributed by atoms with E-state index in [1.165, 1.54) is 14.7 Å². The number of halogens is 1. The predicted octanol–water partition coefficient (Wildman–Crippen LogP) is 3.71. The average Bonchev–Trinajstić information content (AvgIpc) is 1.93. The van der Waals surface area contributed by atoms with Crippen molar-refractivity contribution in [1.29, 1.82) is 0 Å². The maximum absolute atomic E-state index is 2.31. The van der Waals surface area contributed by atoms with E-state index < -0.39 is 0 Å². The van der Waals surface area contributed by atoms with Gasteiger partial charge in [-0.25, -0.2) is 0 Å². The van der Waals surface area contributed by atoms with Crippen LogP contribution in [0, 0.1) is 3.57 Å². The van der Waals surface area contributed by atoms with Gasteiger partial charge in [-0.2, -0.15) is 0 Å². The van der Waals surface area contributed by atoms with E-state index in [4.69, 9.17) is 0 Å². The highest BCUT2D eigenvalue weighted by Crippen LogP contribution is 2.09. The molecular formula is C10H11I. The normalized spacial score (nSPS) is 9.36. The van der Waals surface area contributed by atoms with Gasteiger partial charge in [-0.15, -0.1) is 0 Å². The lowest BCUT2D eigenvalue weighted by molar-refractivity contribution is 1.42. The van der Waals surface area contributed by atoms with Crippen LogP contribution in [0.1, 0.15) is 19.4 Å². The van der Waals surface area contributed by atoms with E-state index in [1.54, 1.807) is 0 Å². The zero-order valence-electron chi connectivity index (χ0n) is 6.76. The van der Waals surface area contributed by atoms with Crippen LogP contribution in [-0.2, 0) is 0 Å². The molecule has 0 spiro atoms. The van der Waals surface area contributed by atoms with Gasteiger partial charge in [0.2, 0.25) is 0 Å². The molecule has 1 heteroatoms. The average molecular weight is 258 g/mol. The van der Waals surface area contributed by atoms with E-state index in [2.05, 4.69) is 66.8 Å². The number of hydrogen-bond donors (Lipinski definition) is 0. The monoisotopic (exact) mass is 258 g/mol. The second-order valence-electron chi connectivity index (χ2n) is 2.77. The third-order valence-corrected chi connectivity index (χ3v) is 2.04. The summed E-state index contributed by atoms with van der Waals surface area (Å²) in [6.07, 6.45) is 2.18. The van der Waals surface area contributed by atoms with E-state index in [9.17, 15) is 0 Å². The van der Waals surface area contributed by atoms with Crippen LogP contribution < -0.4 is 0 Å². The summed E-state index contributed by atoms with van der Waals surface area (Å²) in [4.78, 5) is 0. The lowest BCUT2D eigenvalue weighted by Gasteiger charge is -1.94. The maximum atomic E-state index is 2.31. The molecule has 58 valence electrons. The maximum Gasteiger partial charge on any atom is 0.0130 e. The molecule has 1 aromatic carbocycles. The number of benzene rings is 1. The highest BCUT2D eigenvalue weighted by atomic mass is 127. The number of hydrogen-bond acceptors (Lipinski definition) is 0. The largest absolute Gasteiger partial charge is 0.0758 e. The summed E-state index contributed by atoms with van der Waals surface area (Å²) >= 11 is 2.31. The van der Waals surface area contributed by atoms with Crippen LogP contribution in [-0.4, -0.2) is 0 Å². The first kappa shape index (κ1) is 8.78. The van der Waals surface area contributed by atoms with Crippen LogP contribution in [0.5, 0.6) is 0 Å². The lowest BCUT2D eigenvalue weighted by Crippen LogP contribution is -1.73. The molecule has 0 saturated heterocycles. The Bertz CT molecular complexity index is 253. The van der Waals surface area contributed by atoms with Crippen molar-refractivity contribution in [2.24, 2.45) is 0 Å². The second-order valence-corrected chi connectivity index (χ2v) is 4.02. The molecule has 0 N–H and O–H groups in total. The first-order valence-electron chi connectivity index (χ1n) is 3.59. The molecular weight excluding hydrogens is 247 g/mol.